The third kappa shape index (κ3) is 3.01. The summed E-state index contributed by atoms with van der Waals surface area (Å²) < 4.78 is 5.11. The van der Waals surface area contributed by atoms with Gasteiger partial charge in [-0.1, -0.05) is 6.07 Å². The van der Waals surface area contributed by atoms with Crippen molar-refractivity contribution in [2.24, 2.45) is 0 Å². The lowest BCUT2D eigenvalue weighted by molar-refractivity contribution is 0.0511. The molecule has 0 bridgehead atoms. The number of carbonyl (C=O) groups excluding carboxylic acids is 1. The van der Waals surface area contributed by atoms with Gasteiger partial charge >= 0.3 is 5.97 Å². The smallest absolute Gasteiger partial charge is 0.340 e. The third-order valence-corrected chi connectivity index (χ3v) is 3.35. The summed E-state index contributed by atoms with van der Waals surface area (Å²) in [6.07, 6.45) is 0.683. The molecule has 1 aromatic heterocycles. The largest absolute Gasteiger partial charge is 0.508 e. The van der Waals surface area contributed by atoms with Gasteiger partial charge in [-0.15, -0.1) is 11.3 Å². The molecule has 18 heavy (non-hydrogen) atoms. The molecule has 3 N–H and O–H groups in total. The first-order chi connectivity index (χ1) is 8.66. The zero-order chi connectivity index (χ0) is 13.0. The number of ether oxygens (including phenoxy) is 1. The summed E-state index contributed by atoms with van der Waals surface area (Å²) in [6, 6.07) is 8.15. The third-order valence-electron chi connectivity index (χ3n) is 2.42. The van der Waals surface area contributed by atoms with Gasteiger partial charge in [0.1, 0.15) is 5.75 Å². The number of nitrogen functional groups attached to an aromatic ring is 1. The molecule has 0 fully saturated rings. The van der Waals surface area contributed by atoms with Gasteiger partial charge in [-0.25, -0.2) is 4.79 Å². The van der Waals surface area contributed by atoms with Gasteiger partial charge in [0.05, 0.1) is 12.2 Å². The molecule has 0 radical (unpaired) electrons. The van der Waals surface area contributed by atoms with Crippen LogP contribution in [-0.4, -0.2) is 17.7 Å². The van der Waals surface area contributed by atoms with Crippen LogP contribution < -0.4 is 5.73 Å². The van der Waals surface area contributed by atoms with Crippen molar-refractivity contribution in [3.63, 3.8) is 0 Å². The summed E-state index contributed by atoms with van der Waals surface area (Å²) in [4.78, 5) is 12.9. The normalized spacial score (nSPS) is 10.2. The van der Waals surface area contributed by atoms with Gasteiger partial charge in [0.2, 0.25) is 0 Å². The van der Waals surface area contributed by atoms with E-state index in [0.29, 0.717) is 18.7 Å². The predicted molar refractivity (Wildman–Crippen MR) is 70.8 cm³/mol. The maximum Gasteiger partial charge on any atom is 0.340 e. The van der Waals surface area contributed by atoms with Crippen molar-refractivity contribution in [2.75, 3.05) is 12.3 Å². The number of anilines is 1. The highest BCUT2D eigenvalue weighted by atomic mass is 32.1. The van der Waals surface area contributed by atoms with Gasteiger partial charge in [0, 0.05) is 17.0 Å². The van der Waals surface area contributed by atoms with Crippen LogP contribution >= 0.6 is 11.3 Å². The number of aromatic hydroxyl groups is 1. The molecule has 0 aliphatic rings. The fourth-order valence-electron chi connectivity index (χ4n) is 1.50. The number of carbonyl (C=O) groups is 1. The molecular weight excluding hydrogens is 250 g/mol. The van der Waals surface area contributed by atoms with E-state index in [4.69, 9.17) is 10.5 Å². The van der Waals surface area contributed by atoms with Crippen LogP contribution in [0.3, 0.4) is 0 Å². The first-order valence-electron chi connectivity index (χ1n) is 5.45. The molecule has 4 nitrogen and oxygen atoms in total. The minimum Gasteiger partial charge on any atom is -0.508 e. The molecule has 0 saturated heterocycles. The summed E-state index contributed by atoms with van der Waals surface area (Å²) in [6.45, 7) is 0.300. The minimum atomic E-state index is -0.514. The first-order valence-corrected chi connectivity index (χ1v) is 6.33. The monoisotopic (exact) mass is 263 g/mol. The van der Waals surface area contributed by atoms with Gasteiger partial charge in [-0.05, 0) is 29.6 Å². The fraction of sp³-hybridized carbons (Fsp3) is 0.154. The minimum absolute atomic E-state index is 0.00518. The highest BCUT2D eigenvalue weighted by Gasteiger charge is 2.12. The molecule has 94 valence electrons. The van der Waals surface area contributed by atoms with Gasteiger partial charge in [-0.2, -0.15) is 0 Å². The topological polar surface area (TPSA) is 72.5 Å². The Bertz CT molecular complexity index is 537. The Kier molecular flexibility index (Phi) is 3.84. The molecule has 2 rings (SSSR count). The number of benzene rings is 1. The van der Waals surface area contributed by atoms with E-state index in [0.717, 1.165) is 4.88 Å². The molecule has 0 aliphatic heterocycles. The van der Waals surface area contributed by atoms with Crippen molar-refractivity contribution in [1.29, 1.82) is 0 Å². The molecule has 0 spiro atoms. The second-order valence-electron chi connectivity index (χ2n) is 3.74. The van der Waals surface area contributed by atoms with Gasteiger partial charge in [0.15, 0.2) is 0 Å². The van der Waals surface area contributed by atoms with E-state index in [1.165, 1.54) is 18.2 Å². The number of nitrogens with two attached hydrogens (primary N) is 1. The van der Waals surface area contributed by atoms with Crippen LogP contribution in [0.4, 0.5) is 5.69 Å². The Labute approximate surface area is 109 Å². The van der Waals surface area contributed by atoms with Gasteiger partial charge < -0.3 is 15.6 Å². The quantitative estimate of drug-likeness (QED) is 0.505. The highest BCUT2D eigenvalue weighted by molar-refractivity contribution is 7.09. The Morgan fingerprint density at radius 1 is 1.39 bits per heavy atom. The van der Waals surface area contributed by atoms with Crippen molar-refractivity contribution in [1.82, 2.24) is 0 Å². The highest BCUT2D eigenvalue weighted by Crippen LogP contribution is 2.19. The maximum absolute atomic E-state index is 11.7. The Morgan fingerprint density at radius 3 is 2.94 bits per heavy atom. The molecular formula is C13H13NO3S. The number of phenols is 1. The van der Waals surface area contributed by atoms with Gasteiger partial charge in [-0.3, -0.25) is 0 Å². The summed E-state index contributed by atoms with van der Waals surface area (Å²) in [5.41, 5.74) is 6.14. The molecule has 0 aliphatic carbocycles. The maximum atomic E-state index is 11.7. The summed E-state index contributed by atoms with van der Waals surface area (Å²) in [5, 5.41) is 11.3. The van der Waals surface area contributed by atoms with E-state index < -0.39 is 5.97 Å². The zero-order valence-corrected chi connectivity index (χ0v) is 10.4. The van der Waals surface area contributed by atoms with Crippen molar-refractivity contribution in [2.45, 2.75) is 6.42 Å². The van der Waals surface area contributed by atoms with Crippen LogP contribution in [0.25, 0.3) is 0 Å². The van der Waals surface area contributed by atoms with E-state index in [1.807, 2.05) is 17.5 Å². The van der Waals surface area contributed by atoms with Crippen LogP contribution in [0.1, 0.15) is 15.2 Å². The van der Waals surface area contributed by atoms with Crippen molar-refractivity contribution in [3.05, 3.63) is 46.2 Å². The standard InChI is InChI=1S/C13H13NO3S/c14-12-4-3-9(15)8-11(12)13(16)17-6-5-10-2-1-7-18-10/h1-4,7-8,15H,5-6,14H2. The zero-order valence-electron chi connectivity index (χ0n) is 9.63. The summed E-state index contributed by atoms with van der Waals surface area (Å²) in [7, 11) is 0. The average molecular weight is 263 g/mol. The predicted octanol–water partition coefficient (Wildman–Crippen LogP) is 2.44. The average Bonchev–Trinajstić information content (AvgIpc) is 2.85. The van der Waals surface area contributed by atoms with Crippen LogP contribution in [0.5, 0.6) is 5.75 Å². The summed E-state index contributed by atoms with van der Waals surface area (Å²) >= 11 is 1.62. The lowest BCUT2D eigenvalue weighted by Gasteiger charge is -2.06. The number of phenolic OH excluding ortho intramolecular Hbond substituents is 1. The number of rotatable bonds is 4. The fourth-order valence-corrected chi connectivity index (χ4v) is 2.19. The lowest BCUT2D eigenvalue weighted by Crippen LogP contribution is -2.10. The van der Waals surface area contributed by atoms with E-state index in [-0.39, 0.29) is 11.3 Å². The first kappa shape index (κ1) is 12.4. The van der Waals surface area contributed by atoms with E-state index in [1.54, 1.807) is 11.3 Å². The SMILES string of the molecule is Nc1ccc(O)cc1C(=O)OCCc1cccs1. The molecule has 0 saturated carbocycles. The Morgan fingerprint density at radius 2 is 2.22 bits per heavy atom. The molecule has 0 unspecified atom stereocenters. The Balaban J connectivity index is 1.93. The van der Waals surface area contributed by atoms with E-state index in [9.17, 15) is 9.90 Å². The van der Waals surface area contributed by atoms with E-state index >= 15 is 0 Å². The molecule has 1 aromatic carbocycles. The van der Waals surface area contributed by atoms with Crippen molar-refractivity contribution < 1.29 is 14.6 Å². The molecule has 0 atom stereocenters. The molecule has 2 aromatic rings. The Hall–Kier alpha value is -2.01. The number of hydrogen-bond acceptors (Lipinski definition) is 5. The summed E-state index contributed by atoms with van der Waals surface area (Å²) in [5.74, 6) is -0.519. The van der Waals surface area contributed by atoms with Crippen molar-refractivity contribution in [3.8, 4) is 5.75 Å². The molecule has 1 heterocycles. The van der Waals surface area contributed by atoms with Crippen molar-refractivity contribution >= 4 is 23.0 Å². The molecule has 5 heteroatoms. The lowest BCUT2D eigenvalue weighted by atomic mass is 10.2. The number of esters is 1. The number of hydrogen-bond donors (Lipinski definition) is 2. The van der Waals surface area contributed by atoms with Crippen LogP contribution in [0, 0.1) is 0 Å². The second kappa shape index (κ2) is 5.55. The van der Waals surface area contributed by atoms with Crippen LogP contribution in [-0.2, 0) is 11.2 Å². The van der Waals surface area contributed by atoms with E-state index in [2.05, 4.69) is 0 Å². The second-order valence-corrected chi connectivity index (χ2v) is 4.77. The van der Waals surface area contributed by atoms with Crippen LogP contribution in [0.2, 0.25) is 0 Å². The van der Waals surface area contributed by atoms with Crippen LogP contribution in [0.15, 0.2) is 35.7 Å². The van der Waals surface area contributed by atoms with Gasteiger partial charge in [0.25, 0.3) is 0 Å². The molecule has 0 amide bonds. The number of thiophene rings is 1.